The fourth-order valence-corrected chi connectivity index (χ4v) is 2.05. The Labute approximate surface area is 127 Å². The lowest BCUT2D eigenvalue weighted by Crippen LogP contribution is -2.28. The zero-order valence-corrected chi connectivity index (χ0v) is 12.1. The maximum absolute atomic E-state index is 11.8. The van der Waals surface area contributed by atoms with Crippen molar-refractivity contribution >= 4 is 29.1 Å². The zero-order valence-electron chi connectivity index (χ0n) is 11.4. The molecule has 0 aliphatic rings. The van der Waals surface area contributed by atoms with Crippen molar-refractivity contribution in [2.24, 2.45) is 0 Å². The topological polar surface area (TPSA) is 71.1 Å². The molecule has 0 radical (unpaired) electrons. The number of aromatic nitrogens is 1. The summed E-state index contributed by atoms with van der Waals surface area (Å²) in [6, 6.07) is 8.07. The van der Waals surface area contributed by atoms with Gasteiger partial charge in [0.2, 0.25) is 0 Å². The molecule has 0 atom stereocenters. The molecule has 21 heavy (non-hydrogen) atoms. The molecular weight excluding hydrogens is 290 g/mol. The summed E-state index contributed by atoms with van der Waals surface area (Å²) in [6.07, 6.45) is 3.35. The molecule has 0 saturated heterocycles. The van der Waals surface area contributed by atoms with Gasteiger partial charge in [0.05, 0.1) is 5.02 Å². The fourth-order valence-electron chi connectivity index (χ4n) is 1.74. The monoisotopic (exact) mass is 303 g/mol. The lowest BCUT2D eigenvalue weighted by atomic mass is 10.1. The highest BCUT2D eigenvalue weighted by atomic mass is 35.5. The number of carbonyl (C=O) groups excluding carboxylic acids is 2. The lowest BCUT2D eigenvalue weighted by molar-refractivity contribution is 0.101. The second-order valence-corrected chi connectivity index (χ2v) is 4.83. The Morgan fingerprint density at radius 1 is 1.29 bits per heavy atom. The van der Waals surface area contributed by atoms with Crippen LogP contribution in [-0.4, -0.2) is 16.8 Å². The molecule has 1 aromatic heterocycles. The van der Waals surface area contributed by atoms with Gasteiger partial charge >= 0.3 is 6.03 Å². The molecule has 0 unspecified atom stereocenters. The number of nitrogens with zero attached hydrogens (tertiary/aromatic N) is 1. The van der Waals surface area contributed by atoms with E-state index in [4.69, 9.17) is 11.6 Å². The normalized spacial score (nSPS) is 10.0. The van der Waals surface area contributed by atoms with Gasteiger partial charge in [-0.3, -0.25) is 9.78 Å². The van der Waals surface area contributed by atoms with Crippen molar-refractivity contribution in [1.29, 1.82) is 0 Å². The first-order valence-electron chi connectivity index (χ1n) is 6.30. The van der Waals surface area contributed by atoms with Crippen molar-refractivity contribution in [3.05, 3.63) is 58.9 Å². The van der Waals surface area contributed by atoms with Gasteiger partial charge in [0.1, 0.15) is 0 Å². The molecular formula is C15H14ClN3O2. The molecule has 1 aromatic carbocycles. The van der Waals surface area contributed by atoms with E-state index in [1.54, 1.807) is 36.7 Å². The molecule has 2 amide bonds. The van der Waals surface area contributed by atoms with Crippen LogP contribution in [0.4, 0.5) is 10.5 Å². The first-order valence-corrected chi connectivity index (χ1v) is 6.68. The van der Waals surface area contributed by atoms with Crippen molar-refractivity contribution in [3.63, 3.8) is 0 Å². The minimum absolute atomic E-state index is 0.118. The Morgan fingerprint density at radius 2 is 2.10 bits per heavy atom. The first kappa shape index (κ1) is 15.0. The standard InChI is InChI=1S/C15H14ClN3O2/c1-10(20)13-5-4-12(7-14(13)16)19-15(21)18-9-11-3-2-6-17-8-11/h2-8H,9H2,1H3,(H2,18,19,21). The Morgan fingerprint density at radius 3 is 2.71 bits per heavy atom. The van der Waals surface area contributed by atoms with Crippen LogP contribution in [0.15, 0.2) is 42.7 Å². The number of benzene rings is 1. The Balaban J connectivity index is 1.94. The van der Waals surface area contributed by atoms with Crippen LogP contribution in [0, 0.1) is 0 Å². The zero-order chi connectivity index (χ0) is 15.2. The number of amides is 2. The Hall–Kier alpha value is -2.40. The summed E-state index contributed by atoms with van der Waals surface area (Å²) in [5, 5.41) is 5.67. The number of pyridine rings is 1. The van der Waals surface area contributed by atoms with E-state index in [2.05, 4.69) is 15.6 Å². The van der Waals surface area contributed by atoms with E-state index in [1.165, 1.54) is 6.92 Å². The average molecular weight is 304 g/mol. The number of urea groups is 1. The van der Waals surface area contributed by atoms with Crippen molar-refractivity contribution in [3.8, 4) is 0 Å². The number of Topliss-reactive ketones (excluding diaryl/α,β-unsaturated/α-hetero) is 1. The summed E-state index contributed by atoms with van der Waals surface area (Å²) in [7, 11) is 0. The van der Waals surface area contributed by atoms with Gasteiger partial charge in [0.25, 0.3) is 0 Å². The third-order valence-corrected chi connectivity index (χ3v) is 3.09. The van der Waals surface area contributed by atoms with Crippen LogP contribution in [0.5, 0.6) is 0 Å². The number of rotatable bonds is 4. The maximum atomic E-state index is 11.8. The molecule has 2 rings (SSSR count). The molecule has 0 aliphatic carbocycles. The minimum Gasteiger partial charge on any atom is -0.334 e. The first-order chi connectivity index (χ1) is 10.1. The number of ketones is 1. The van der Waals surface area contributed by atoms with Gasteiger partial charge in [-0.15, -0.1) is 0 Å². The van der Waals surface area contributed by atoms with E-state index in [1.807, 2.05) is 6.07 Å². The summed E-state index contributed by atoms with van der Waals surface area (Å²) in [5.74, 6) is -0.118. The van der Waals surface area contributed by atoms with Gasteiger partial charge in [-0.05, 0) is 36.8 Å². The van der Waals surface area contributed by atoms with Gasteiger partial charge in [-0.25, -0.2) is 4.79 Å². The number of hydrogen-bond donors (Lipinski definition) is 2. The highest BCUT2D eigenvalue weighted by Gasteiger charge is 2.08. The number of hydrogen-bond acceptors (Lipinski definition) is 3. The second-order valence-electron chi connectivity index (χ2n) is 4.42. The highest BCUT2D eigenvalue weighted by Crippen LogP contribution is 2.21. The fraction of sp³-hybridized carbons (Fsp3) is 0.133. The number of nitrogens with one attached hydrogen (secondary N) is 2. The predicted octanol–water partition coefficient (Wildman–Crippen LogP) is 3.26. The molecule has 2 aromatic rings. The second kappa shape index (κ2) is 6.85. The Bertz CT molecular complexity index is 659. The van der Waals surface area contributed by atoms with Gasteiger partial charge < -0.3 is 10.6 Å². The quantitative estimate of drug-likeness (QED) is 0.852. The number of anilines is 1. The van der Waals surface area contributed by atoms with Crippen LogP contribution in [0.2, 0.25) is 5.02 Å². The molecule has 5 nitrogen and oxygen atoms in total. The summed E-state index contributed by atoms with van der Waals surface area (Å²) < 4.78 is 0. The van der Waals surface area contributed by atoms with Crippen LogP contribution < -0.4 is 10.6 Å². The summed E-state index contributed by atoms with van der Waals surface area (Å²) in [6.45, 7) is 1.81. The van der Waals surface area contributed by atoms with Crippen molar-refractivity contribution in [1.82, 2.24) is 10.3 Å². The van der Waals surface area contributed by atoms with Crippen LogP contribution in [0.1, 0.15) is 22.8 Å². The third kappa shape index (κ3) is 4.29. The number of carbonyl (C=O) groups is 2. The molecule has 0 bridgehead atoms. The molecule has 6 heteroatoms. The van der Waals surface area contributed by atoms with Gasteiger partial charge in [0, 0.05) is 30.2 Å². The predicted molar refractivity (Wildman–Crippen MR) is 81.6 cm³/mol. The Kier molecular flexibility index (Phi) is 4.90. The SMILES string of the molecule is CC(=O)c1ccc(NC(=O)NCc2cccnc2)cc1Cl. The number of halogens is 1. The van der Waals surface area contributed by atoms with Crippen molar-refractivity contribution < 1.29 is 9.59 Å². The lowest BCUT2D eigenvalue weighted by Gasteiger charge is -2.09. The summed E-state index contributed by atoms with van der Waals surface area (Å²) in [5.41, 5.74) is 1.85. The van der Waals surface area contributed by atoms with Crippen LogP contribution in [-0.2, 0) is 6.54 Å². The van der Waals surface area contributed by atoms with Crippen LogP contribution in [0.25, 0.3) is 0 Å². The smallest absolute Gasteiger partial charge is 0.319 e. The molecule has 108 valence electrons. The van der Waals surface area contributed by atoms with Crippen LogP contribution in [0.3, 0.4) is 0 Å². The van der Waals surface area contributed by atoms with Crippen molar-refractivity contribution in [2.45, 2.75) is 13.5 Å². The van der Waals surface area contributed by atoms with Crippen molar-refractivity contribution in [2.75, 3.05) is 5.32 Å². The van der Waals surface area contributed by atoms with E-state index in [0.717, 1.165) is 5.56 Å². The average Bonchev–Trinajstić information content (AvgIpc) is 2.46. The molecule has 1 heterocycles. The van der Waals surface area contributed by atoms with E-state index in [-0.39, 0.29) is 11.8 Å². The largest absolute Gasteiger partial charge is 0.334 e. The third-order valence-electron chi connectivity index (χ3n) is 2.78. The van der Waals surface area contributed by atoms with E-state index in [0.29, 0.717) is 22.8 Å². The maximum Gasteiger partial charge on any atom is 0.319 e. The van der Waals surface area contributed by atoms with Gasteiger partial charge in [-0.1, -0.05) is 17.7 Å². The van der Waals surface area contributed by atoms with E-state index in [9.17, 15) is 9.59 Å². The summed E-state index contributed by atoms with van der Waals surface area (Å²) in [4.78, 5) is 27.0. The molecule has 0 aliphatic heterocycles. The minimum atomic E-state index is -0.356. The van der Waals surface area contributed by atoms with E-state index >= 15 is 0 Å². The van der Waals surface area contributed by atoms with Crippen LogP contribution >= 0.6 is 11.6 Å². The molecule has 0 fully saturated rings. The summed E-state index contributed by atoms with van der Waals surface area (Å²) >= 11 is 5.98. The molecule has 2 N–H and O–H groups in total. The highest BCUT2D eigenvalue weighted by molar-refractivity contribution is 6.34. The van der Waals surface area contributed by atoms with E-state index < -0.39 is 0 Å². The van der Waals surface area contributed by atoms with Gasteiger partial charge in [-0.2, -0.15) is 0 Å². The molecule has 0 saturated carbocycles. The molecule has 0 spiro atoms. The van der Waals surface area contributed by atoms with Gasteiger partial charge in [0.15, 0.2) is 5.78 Å².